The zero-order chi connectivity index (χ0) is 90.3. The second-order valence-electron chi connectivity index (χ2n) is 42.2. The number of allylic oxidation sites excluding steroid dienone is 12. The fourth-order valence-corrected chi connectivity index (χ4v) is 22.3. The summed E-state index contributed by atoms with van der Waals surface area (Å²) in [5.41, 5.74) is 22.1. The summed E-state index contributed by atoms with van der Waals surface area (Å²) < 4.78 is 25.0. The van der Waals surface area contributed by atoms with Crippen molar-refractivity contribution in [2.24, 2.45) is 32.5 Å². The Labute approximate surface area is 755 Å². The molecule has 0 radical (unpaired) electrons. The highest BCUT2D eigenvalue weighted by molar-refractivity contribution is 6.11. The standard InChI is InChI=1S/C108H114N12O9/c1-64-79(58-115-55-70(109-112-115)61-127-76-37-31-67(32-38-76)94-97-82(43-103(4,5)49-88(97)121)118(73-25-19-16-20-26-73)83-44-104(6,7)50-89(122)98(83)94)65(2)81(60-117-57-72(111-114-117)63-129-78-41-35-69(36-42-78)96-101-86(47-107(12,13)53-92(101)125)120(75-29-23-18-24-30-75)87-48-108(14,15)54-93(126)102(87)96)66(3)80(64)59-116-56-71(110-113-116)62-128-77-39-33-68(34-40-77)95-99-84(45-105(8,9)51-90(99)123)119(74-27-21-17-22-28-74)85-46-106(10,11)52-91(124)100(85)95/h16-42,55-57,94-96H,43-54,58-63H2,1-15H3. The topological polar surface area (TPSA) is 232 Å². The van der Waals surface area contributed by atoms with Gasteiger partial charge in [0.2, 0.25) is 0 Å². The molecule has 0 N–H and O–H groups in total. The van der Waals surface area contributed by atoms with Crippen LogP contribution in [-0.4, -0.2) is 79.7 Å². The average molecular weight is 1720 g/mol. The number of para-hydroxylation sites is 3. The van der Waals surface area contributed by atoms with E-state index in [0.717, 1.165) is 101 Å². The molecule has 0 bridgehead atoms. The number of Topliss-reactive ketones (excluding diaryl/α,β-unsaturated/α-hetero) is 6. The van der Waals surface area contributed by atoms with Crippen LogP contribution < -0.4 is 28.9 Å². The van der Waals surface area contributed by atoms with E-state index in [-0.39, 0.29) is 87.0 Å². The zero-order valence-corrected chi connectivity index (χ0v) is 76.8. The summed E-state index contributed by atoms with van der Waals surface area (Å²) in [6.07, 6.45) is 12.2. The summed E-state index contributed by atoms with van der Waals surface area (Å²) >= 11 is 0. The SMILES string of the molecule is Cc1c(Cn2cc(COc3ccc(C4C5=C(CC(C)(C)CC5=O)N(c5ccccc5)C5=C4C(=O)CC(C)(C)C5)cc3)nn2)c(C)c(Cn2cc(COc3ccc(C4C5=C(CC(C)(C)CC5=O)N(c5ccccc5)C5=C4C(=O)CC(C)(C)C5)cc3)nn2)c(C)c1Cn1cc(COc2ccc(C3C4=C(CC(C)(C)CC4=O)N(c4ccccc4)C4=C3C(=O)CC(C)(C)C4)cc2)nn1. The summed E-state index contributed by atoms with van der Waals surface area (Å²) in [5, 5.41) is 28.1. The number of carbonyl (C=O) groups is 6. The molecule has 3 aromatic heterocycles. The third kappa shape index (κ3) is 16.5. The molecule has 21 heteroatoms. The van der Waals surface area contributed by atoms with E-state index < -0.39 is 17.8 Å². The molecule has 0 unspecified atom stereocenters. The quantitative estimate of drug-likeness (QED) is 0.0650. The second-order valence-corrected chi connectivity index (χ2v) is 42.2. The number of aromatic nitrogens is 9. The molecule has 6 heterocycles. The van der Waals surface area contributed by atoms with E-state index >= 15 is 0 Å². The van der Waals surface area contributed by atoms with Crippen molar-refractivity contribution in [3.05, 3.63) is 317 Å². The van der Waals surface area contributed by atoms with Crippen molar-refractivity contribution in [3.63, 3.8) is 0 Å². The van der Waals surface area contributed by atoms with Gasteiger partial charge in [-0.3, -0.25) is 28.8 Å². The van der Waals surface area contributed by atoms with Crippen LogP contribution in [-0.2, 0) is 68.2 Å². The van der Waals surface area contributed by atoms with Gasteiger partial charge in [0.15, 0.2) is 34.7 Å². The van der Waals surface area contributed by atoms with Crippen molar-refractivity contribution in [2.45, 2.75) is 238 Å². The largest absolute Gasteiger partial charge is 0.487 e. The maximum atomic E-state index is 14.7. The van der Waals surface area contributed by atoms with Gasteiger partial charge in [-0.1, -0.05) is 190 Å². The molecule has 9 aliphatic rings. The molecule has 660 valence electrons. The summed E-state index contributed by atoms with van der Waals surface area (Å²) in [7, 11) is 0. The van der Waals surface area contributed by atoms with E-state index in [1.54, 1.807) is 0 Å². The molecule has 3 aliphatic heterocycles. The molecule has 0 saturated carbocycles. The molecule has 0 saturated heterocycles. The molecule has 0 fully saturated rings. The van der Waals surface area contributed by atoms with Gasteiger partial charge < -0.3 is 28.9 Å². The van der Waals surface area contributed by atoms with Gasteiger partial charge in [-0.05, 0) is 215 Å². The van der Waals surface area contributed by atoms with Gasteiger partial charge in [-0.2, -0.15) is 0 Å². The summed E-state index contributed by atoms with van der Waals surface area (Å²) in [5.74, 6) is 0.730. The van der Waals surface area contributed by atoms with Crippen LogP contribution in [0.1, 0.15) is 245 Å². The molecule has 129 heavy (non-hydrogen) atoms. The van der Waals surface area contributed by atoms with Crippen LogP contribution in [0.3, 0.4) is 0 Å². The van der Waals surface area contributed by atoms with Crippen LogP contribution in [0.4, 0.5) is 17.1 Å². The Balaban J connectivity index is 0.585. The van der Waals surface area contributed by atoms with Crippen molar-refractivity contribution in [3.8, 4) is 17.2 Å². The number of ether oxygens (including phenoxy) is 3. The molecule has 0 amide bonds. The van der Waals surface area contributed by atoms with Gasteiger partial charge in [-0.25, -0.2) is 14.0 Å². The first-order valence-electron chi connectivity index (χ1n) is 45.6. The predicted molar refractivity (Wildman–Crippen MR) is 496 cm³/mol. The maximum Gasteiger partial charge on any atom is 0.162 e. The molecule has 0 spiro atoms. The van der Waals surface area contributed by atoms with Crippen LogP contribution in [0.15, 0.2) is 250 Å². The summed E-state index contributed by atoms with van der Waals surface area (Å²) in [6.45, 7) is 33.8. The number of hydrogen-bond acceptors (Lipinski definition) is 18. The Hall–Kier alpha value is -12.8. The first kappa shape index (κ1) is 85.6. The second kappa shape index (κ2) is 32.5. The smallest absolute Gasteiger partial charge is 0.162 e. The summed E-state index contributed by atoms with van der Waals surface area (Å²) in [6, 6.07) is 54.1. The molecular formula is C108H114N12O9. The lowest BCUT2D eigenvalue weighted by molar-refractivity contribution is -0.120. The van der Waals surface area contributed by atoms with Crippen LogP contribution in [0.25, 0.3) is 0 Å². The minimum Gasteiger partial charge on any atom is -0.487 e. The van der Waals surface area contributed by atoms with Crippen molar-refractivity contribution < 1.29 is 43.0 Å². The molecule has 0 atom stereocenters. The number of ketones is 6. The Morgan fingerprint density at radius 2 is 0.481 bits per heavy atom. The molecule has 19 rings (SSSR count). The van der Waals surface area contributed by atoms with Crippen molar-refractivity contribution in [2.75, 3.05) is 14.7 Å². The van der Waals surface area contributed by atoms with E-state index in [1.165, 1.54) is 0 Å². The van der Waals surface area contributed by atoms with E-state index in [4.69, 9.17) is 29.9 Å². The average Bonchev–Trinajstić information content (AvgIpc) is 1.04. The molecule has 10 aromatic rings. The monoisotopic (exact) mass is 1720 g/mol. The van der Waals surface area contributed by atoms with Gasteiger partial charge in [0, 0.05) is 141 Å². The fourth-order valence-electron chi connectivity index (χ4n) is 22.3. The minimum absolute atomic E-state index is 0.0743. The van der Waals surface area contributed by atoms with E-state index in [0.29, 0.717) is 164 Å². The highest BCUT2D eigenvalue weighted by Crippen LogP contribution is 2.60. The third-order valence-corrected chi connectivity index (χ3v) is 28.0. The first-order chi connectivity index (χ1) is 61.5. The highest BCUT2D eigenvalue weighted by Gasteiger charge is 2.54. The number of carbonyl (C=O) groups excluding carboxylic acids is 6. The normalized spacial score (nSPS) is 20.2. The zero-order valence-electron chi connectivity index (χ0n) is 76.8. The lowest BCUT2D eigenvalue weighted by Gasteiger charge is -2.49. The van der Waals surface area contributed by atoms with Crippen LogP contribution >= 0.6 is 0 Å². The Bertz CT molecular complexity index is 5660. The van der Waals surface area contributed by atoms with Gasteiger partial charge in [0.1, 0.15) is 54.2 Å². The van der Waals surface area contributed by atoms with Crippen LogP contribution in [0.2, 0.25) is 0 Å². The van der Waals surface area contributed by atoms with E-state index in [2.05, 4.69) is 170 Å². The number of nitrogens with zero attached hydrogens (tertiary/aromatic N) is 12. The van der Waals surface area contributed by atoms with Crippen LogP contribution in [0.5, 0.6) is 17.2 Å². The summed E-state index contributed by atoms with van der Waals surface area (Å²) in [4.78, 5) is 94.9. The maximum absolute atomic E-state index is 14.7. The number of anilines is 3. The lowest BCUT2D eigenvalue weighted by atomic mass is 9.63. The van der Waals surface area contributed by atoms with Gasteiger partial charge >= 0.3 is 0 Å². The molecule has 6 aliphatic carbocycles. The molecular weight excluding hydrogens is 1610 g/mol. The number of benzene rings is 7. The van der Waals surface area contributed by atoms with Crippen molar-refractivity contribution in [1.82, 2.24) is 45.0 Å². The van der Waals surface area contributed by atoms with E-state index in [9.17, 15) is 28.8 Å². The van der Waals surface area contributed by atoms with Crippen molar-refractivity contribution >= 4 is 51.8 Å². The van der Waals surface area contributed by atoms with Gasteiger partial charge in [0.25, 0.3) is 0 Å². The molecule has 7 aromatic carbocycles. The van der Waals surface area contributed by atoms with Crippen molar-refractivity contribution in [1.29, 1.82) is 0 Å². The lowest BCUT2D eigenvalue weighted by Crippen LogP contribution is -2.44. The third-order valence-electron chi connectivity index (χ3n) is 28.0. The Morgan fingerprint density at radius 3 is 0.682 bits per heavy atom. The van der Waals surface area contributed by atoms with Crippen LogP contribution in [0, 0.1) is 53.3 Å². The highest BCUT2D eigenvalue weighted by atomic mass is 16.5. The minimum atomic E-state index is -0.511. The van der Waals surface area contributed by atoms with E-state index in [1.807, 2.05) is 160 Å². The first-order valence-corrected chi connectivity index (χ1v) is 45.6. The van der Waals surface area contributed by atoms with Gasteiger partial charge in [-0.15, -0.1) is 15.3 Å². The Morgan fingerprint density at radius 1 is 0.279 bits per heavy atom. The fraction of sp³-hybridized carbons (Fsp3) is 0.389. The number of hydrogen-bond donors (Lipinski definition) is 0. The predicted octanol–water partition coefficient (Wildman–Crippen LogP) is 20.9. The Kier molecular flexibility index (Phi) is 21.5. The molecule has 21 nitrogen and oxygen atoms in total. The number of rotatable bonds is 21. The van der Waals surface area contributed by atoms with Gasteiger partial charge in [0.05, 0.1) is 38.2 Å².